The molecule has 0 unspecified atom stereocenters. The molecule has 28 heavy (non-hydrogen) atoms. The second kappa shape index (κ2) is 8.35. The first-order chi connectivity index (χ1) is 13.4. The number of hydrogen-bond acceptors (Lipinski definition) is 3. The number of ether oxygens (including phenoxy) is 1. The van der Waals surface area contributed by atoms with E-state index in [-0.39, 0.29) is 5.57 Å². The molecule has 140 valence electrons. The molecular weight excluding hydrogens is 352 g/mol. The van der Waals surface area contributed by atoms with Crippen molar-refractivity contribution in [2.45, 2.75) is 13.8 Å². The average Bonchev–Trinajstić information content (AvgIpc) is 2.66. The Balaban J connectivity index is 1.93. The predicted octanol–water partition coefficient (Wildman–Crippen LogP) is 5.53. The van der Waals surface area contributed by atoms with Crippen molar-refractivity contribution in [3.63, 3.8) is 0 Å². The van der Waals surface area contributed by atoms with E-state index in [1.807, 2.05) is 32.0 Å². The van der Waals surface area contributed by atoms with Crippen LogP contribution in [0.3, 0.4) is 0 Å². The quantitative estimate of drug-likeness (QED) is 0.351. The first-order valence-electron chi connectivity index (χ1n) is 8.81. The van der Waals surface area contributed by atoms with Gasteiger partial charge in [-0.1, -0.05) is 41.5 Å². The number of aryl methyl sites for hydroxylation is 2. The van der Waals surface area contributed by atoms with Gasteiger partial charge in [0.25, 0.3) is 0 Å². The maximum Gasteiger partial charge on any atom is 0.336 e. The van der Waals surface area contributed by atoms with E-state index in [9.17, 15) is 14.7 Å². The maximum atomic E-state index is 11.9. The summed E-state index contributed by atoms with van der Waals surface area (Å²) in [6.45, 7) is 3.96. The van der Waals surface area contributed by atoms with E-state index in [4.69, 9.17) is 4.74 Å². The first kappa shape index (κ1) is 19.1. The maximum absolute atomic E-state index is 11.9. The third kappa shape index (κ3) is 4.74. The number of hydrogen-bond donors (Lipinski definition) is 1. The molecule has 3 rings (SSSR count). The summed E-state index contributed by atoms with van der Waals surface area (Å²) in [5.74, 6) is 0.0773. The minimum absolute atomic E-state index is 0.187. The fourth-order valence-corrected chi connectivity index (χ4v) is 3.01. The second-order valence-electron chi connectivity index (χ2n) is 6.60. The third-order valence-corrected chi connectivity index (χ3v) is 4.18. The molecule has 0 spiro atoms. The summed E-state index contributed by atoms with van der Waals surface area (Å²) in [4.78, 5) is 22.6. The molecule has 0 atom stereocenters. The van der Waals surface area contributed by atoms with Crippen LogP contribution in [0.2, 0.25) is 0 Å². The molecule has 0 aliphatic carbocycles. The van der Waals surface area contributed by atoms with Gasteiger partial charge in [0.1, 0.15) is 17.8 Å². The Morgan fingerprint density at radius 3 is 2.14 bits per heavy atom. The number of aliphatic carboxylic acids is 1. The standard InChI is InChI=1S/C24H20O4/c1-16-10-17(2)12-19(11-16)13-23(24(26)27)20-4-3-5-22(14-20)28-21-8-6-18(15-25)7-9-21/h3-15H,1-2H3,(H,26,27)/b23-13+. The summed E-state index contributed by atoms with van der Waals surface area (Å²) in [6.07, 6.45) is 2.43. The number of carboxylic acid groups (broad SMARTS) is 1. The monoisotopic (exact) mass is 372 g/mol. The van der Waals surface area contributed by atoms with Crippen molar-refractivity contribution in [3.05, 3.63) is 94.5 Å². The molecule has 0 saturated carbocycles. The lowest BCUT2D eigenvalue weighted by Gasteiger charge is -2.09. The van der Waals surface area contributed by atoms with Gasteiger partial charge in [-0.3, -0.25) is 4.79 Å². The van der Waals surface area contributed by atoms with Crippen LogP contribution < -0.4 is 4.74 Å². The molecule has 3 aromatic rings. The van der Waals surface area contributed by atoms with Crippen molar-refractivity contribution in [1.29, 1.82) is 0 Å². The zero-order valence-corrected chi connectivity index (χ0v) is 15.7. The fourth-order valence-electron chi connectivity index (χ4n) is 3.01. The van der Waals surface area contributed by atoms with E-state index < -0.39 is 5.97 Å². The molecule has 1 N–H and O–H groups in total. The molecule has 4 heteroatoms. The Bertz CT molecular complexity index is 1030. The molecule has 0 aromatic heterocycles. The number of rotatable bonds is 6. The summed E-state index contributed by atoms with van der Waals surface area (Å²) in [5.41, 5.74) is 4.29. The molecule has 4 nitrogen and oxygen atoms in total. The number of benzene rings is 3. The van der Waals surface area contributed by atoms with Crippen LogP contribution in [0.1, 0.15) is 32.6 Å². The predicted molar refractivity (Wildman–Crippen MR) is 110 cm³/mol. The number of carboxylic acids is 1. The van der Waals surface area contributed by atoms with Gasteiger partial charge in [0.2, 0.25) is 0 Å². The number of carbonyl (C=O) groups excluding carboxylic acids is 1. The molecule has 0 amide bonds. The van der Waals surface area contributed by atoms with Gasteiger partial charge in [-0.05, 0) is 67.4 Å². The molecule has 0 bridgehead atoms. The third-order valence-electron chi connectivity index (χ3n) is 4.18. The zero-order valence-electron chi connectivity index (χ0n) is 15.7. The van der Waals surface area contributed by atoms with Gasteiger partial charge in [0.05, 0.1) is 5.57 Å². The van der Waals surface area contributed by atoms with E-state index in [2.05, 4.69) is 0 Å². The fraction of sp³-hybridized carbons (Fsp3) is 0.0833. The van der Waals surface area contributed by atoms with Crippen LogP contribution in [0.5, 0.6) is 11.5 Å². The van der Waals surface area contributed by atoms with Crippen molar-refractivity contribution in [3.8, 4) is 11.5 Å². The Morgan fingerprint density at radius 2 is 1.54 bits per heavy atom. The van der Waals surface area contributed by atoms with Crippen LogP contribution in [0, 0.1) is 13.8 Å². The van der Waals surface area contributed by atoms with Crippen LogP contribution in [-0.2, 0) is 4.79 Å². The lowest BCUT2D eigenvalue weighted by atomic mass is 10.0. The molecule has 0 aliphatic rings. The largest absolute Gasteiger partial charge is 0.478 e. The second-order valence-corrected chi connectivity index (χ2v) is 6.60. The highest BCUT2D eigenvalue weighted by molar-refractivity contribution is 6.20. The van der Waals surface area contributed by atoms with Gasteiger partial charge in [0, 0.05) is 5.56 Å². The summed E-state index contributed by atoms with van der Waals surface area (Å²) < 4.78 is 5.80. The Hall–Kier alpha value is -3.66. The van der Waals surface area contributed by atoms with Crippen LogP contribution in [0.4, 0.5) is 0 Å². The SMILES string of the molecule is Cc1cc(C)cc(/C=C(/C(=O)O)c2cccc(Oc3ccc(C=O)cc3)c2)c1. The highest BCUT2D eigenvalue weighted by Gasteiger charge is 2.12. The highest BCUT2D eigenvalue weighted by atomic mass is 16.5. The van der Waals surface area contributed by atoms with Crippen molar-refractivity contribution >= 4 is 23.9 Å². The van der Waals surface area contributed by atoms with Gasteiger partial charge >= 0.3 is 5.97 Å². The molecule has 0 aliphatic heterocycles. The van der Waals surface area contributed by atoms with Gasteiger partial charge in [0.15, 0.2) is 0 Å². The Kier molecular flexibility index (Phi) is 5.70. The molecule has 0 saturated heterocycles. The number of carbonyl (C=O) groups is 2. The van der Waals surface area contributed by atoms with Gasteiger partial charge in [-0.2, -0.15) is 0 Å². The van der Waals surface area contributed by atoms with Crippen molar-refractivity contribution in [2.24, 2.45) is 0 Å². The Morgan fingerprint density at radius 1 is 0.857 bits per heavy atom. The summed E-state index contributed by atoms with van der Waals surface area (Å²) in [7, 11) is 0. The van der Waals surface area contributed by atoms with E-state index in [1.165, 1.54) is 0 Å². The van der Waals surface area contributed by atoms with Crippen LogP contribution in [0.25, 0.3) is 11.6 Å². The summed E-state index contributed by atoms with van der Waals surface area (Å²) in [5, 5.41) is 9.72. The average molecular weight is 372 g/mol. The highest BCUT2D eigenvalue weighted by Crippen LogP contribution is 2.27. The summed E-state index contributed by atoms with van der Waals surface area (Å²) >= 11 is 0. The van der Waals surface area contributed by atoms with Crippen LogP contribution in [0.15, 0.2) is 66.7 Å². The minimum atomic E-state index is -1.01. The van der Waals surface area contributed by atoms with Crippen LogP contribution >= 0.6 is 0 Å². The molecule has 0 heterocycles. The lowest BCUT2D eigenvalue weighted by molar-refractivity contribution is -0.130. The van der Waals surface area contributed by atoms with Gasteiger partial charge < -0.3 is 9.84 Å². The van der Waals surface area contributed by atoms with Crippen molar-refractivity contribution in [2.75, 3.05) is 0 Å². The number of aldehydes is 1. The van der Waals surface area contributed by atoms with E-state index in [1.54, 1.807) is 54.6 Å². The smallest absolute Gasteiger partial charge is 0.336 e. The molecule has 3 aromatic carbocycles. The van der Waals surface area contributed by atoms with E-state index in [0.717, 1.165) is 23.0 Å². The van der Waals surface area contributed by atoms with Crippen molar-refractivity contribution < 1.29 is 19.4 Å². The molecule has 0 fully saturated rings. The Labute approximate surface area is 163 Å². The van der Waals surface area contributed by atoms with Gasteiger partial charge in [-0.15, -0.1) is 0 Å². The normalized spacial score (nSPS) is 11.1. The minimum Gasteiger partial charge on any atom is -0.478 e. The van der Waals surface area contributed by atoms with Crippen molar-refractivity contribution in [1.82, 2.24) is 0 Å². The topological polar surface area (TPSA) is 63.6 Å². The van der Waals surface area contributed by atoms with E-state index >= 15 is 0 Å². The molecule has 0 radical (unpaired) electrons. The first-order valence-corrected chi connectivity index (χ1v) is 8.81. The summed E-state index contributed by atoms with van der Waals surface area (Å²) in [6, 6.07) is 19.6. The zero-order chi connectivity index (χ0) is 20.1. The molecular formula is C24H20O4. The lowest BCUT2D eigenvalue weighted by Crippen LogP contribution is -2.00. The van der Waals surface area contributed by atoms with E-state index in [0.29, 0.717) is 22.6 Å². The van der Waals surface area contributed by atoms with Gasteiger partial charge in [-0.25, -0.2) is 4.79 Å². The van der Waals surface area contributed by atoms with Crippen LogP contribution in [-0.4, -0.2) is 17.4 Å².